The van der Waals surface area contributed by atoms with Gasteiger partial charge in [0.2, 0.25) is 0 Å². The maximum absolute atomic E-state index is 13.6. The van der Waals surface area contributed by atoms with Crippen molar-refractivity contribution in [3.05, 3.63) is 35.1 Å². The van der Waals surface area contributed by atoms with Gasteiger partial charge >= 0.3 is 0 Å². The van der Waals surface area contributed by atoms with E-state index in [0.29, 0.717) is 12.1 Å². The fraction of sp³-hybridized carbons (Fsp3) is 0.611. The average molecular weight is 339 g/mol. The number of hydrogen-bond acceptors (Lipinski definition) is 3. The quantitative estimate of drug-likeness (QED) is 0.370. The molecule has 0 spiro atoms. The maximum atomic E-state index is 13.6. The van der Waals surface area contributed by atoms with Crippen LogP contribution in [-0.4, -0.2) is 39.9 Å². The first-order valence-corrected chi connectivity index (χ1v) is 8.49. The fourth-order valence-electron chi connectivity index (χ4n) is 2.14. The normalized spacial score (nSPS) is 11.6. The number of nitrogens with zero attached hydrogens (tertiary/aromatic N) is 1. The van der Waals surface area contributed by atoms with E-state index < -0.39 is 0 Å². The lowest BCUT2D eigenvalue weighted by Gasteiger charge is -2.13. The Bertz CT molecular complexity index is 495. The van der Waals surface area contributed by atoms with Gasteiger partial charge in [-0.25, -0.2) is 4.39 Å². The molecule has 0 fully saturated rings. The topological polar surface area (TPSA) is 54.9 Å². The van der Waals surface area contributed by atoms with Crippen LogP contribution < -0.4 is 10.6 Å². The number of methoxy groups -OCH3 is 1. The first-order chi connectivity index (χ1) is 11.7. The largest absolute Gasteiger partial charge is 0.381 e. The third kappa shape index (κ3) is 8.26. The second-order valence-corrected chi connectivity index (χ2v) is 5.53. The molecule has 0 aliphatic carbocycles. The highest BCUT2D eigenvalue weighted by molar-refractivity contribution is 5.79. The van der Waals surface area contributed by atoms with Crippen LogP contribution in [0.5, 0.6) is 0 Å². The van der Waals surface area contributed by atoms with Crippen molar-refractivity contribution in [2.75, 3.05) is 33.9 Å². The highest BCUT2D eigenvalue weighted by atomic mass is 19.1. The predicted octanol–water partition coefficient (Wildman–Crippen LogP) is 2.84. The van der Waals surface area contributed by atoms with Crippen LogP contribution in [0.3, 0.4) is 0 Å². The van der Waals surface area contributed by atoms with Crippen molar-refractivity contribution in [3.8, 4) is 0 Å². The Labute approximate surface area is 144 Å². The first kappa shape index (κ1) is 20.4. The van der Waals surface area contributed by atoms with Crippen LogP contribution in [0, 0.1) is 5.82 Å². The molecule has 0 aromatic heterocycles. The van der Waals surface area contributed by atoms with Crippen molar-refractivity contribution in [1.82, 2.24) is 10.6 Å². The van der Waals surface area contributed by atoms with Gasteiger partial charge in [-0.2, -0.15) is 0 Å². The monoisotopic (exact) mass is 339 g/mol. The first-order valence-electron chi connectivity index (χ1n) is 8.49. The highest BCUT2D eigenvalue weighted by Gasteiger charge is 2.04. The Morgan fingerprint density at radius 3 is 2.71 bits per heavy atom. The maximum Gasteiger partial charge on any atom is 0.191 e. The van der Waals surface area contributed by atoms with E-state index in [2.05, 4.69) is 22.5 Å². The summed E-state index contributed by atoms with van der Waals surface area (Å²) < 4.78 is 24.1. The zero-order valence-electron chi connectivity index (χ0n) is 15.0. The van der Waals surface area contributed by atoms with Crippen molar-refractivity contribution >= 4 is 5.96 Å². The molecule has 136 valence electrons. The Morgan fingerprint density at radius 2 is 2.00 bits per heavy atom. The molecule has 6 heteroatoms. The number of ether oxygens (including phenoxy) is 2. The summed E-state index contributed by atoms with van der Waals surface area (Å²) >= 11 is 0. The van der Waals surface area contributed by atoms with Crippen LogP contribution in [0.4, 0.5) is 4.39 Å². The molecule has 0 radical (unpaired) electrons. The molecule has 0 amide bonds. The number of nitrogens with one attached hydrogen (secondary N) is 2. The molecule has 1 rings (SSSR count). The summed E-state index contributed by atoms with van der Waals surface area (Å²) in [6.07, 6.45) is 3.20. The molecular weight excluding hydrogens is 309 g/mol. The Morgan fingerprint density at radius 1 is 1.21 bits per heavy atom. The Balaban J connectivity index is 2.30. The number of rotatable bonds is 11. The van der Waals surface area contributed by atoms with Crippen LogP contribution in [-0.2, 0) is 22.6 Å². The summed E-state index contributed by atoms with van der Waals surface area (Å²) in [5.74, 6) is 0.479. The summed E-state index contributed by atoms with van der Waals surface area (Å²) in [7, 11) is 3.29. The minimum atomic E-state index is -0.244. The smallest absolute Gasteiger partial charge is 0.191 e. The number of aliphatic imine (C=N–C) groups is 1. The van der Waals surface area contributed by atoms with Crippen molar-refractivity contribution in [2.24, 2.45) is 4.99 Å². The van der Waals surface area contributed by atoms with Gasteiger partial charge in [-0.3, -0.25) is 4.99 Å². The van der Waals surface area contributed by atoms with Gasteiger partial charge in [-0.15, -0.1) is 0 Å². The molecule has 0 atom stereocenters. The molecular formula is C18H30FN3O2. The van der Waals surface area contributed by atoms with Crippen molar-refractivity contribution in [2.45, 2.75) is 39.3 Å². The van der Waals surface area contributed by atoms with Gasteiger partial charge in [-0.1, -0.05) is 19.4 Å². The van der Waals surface area contributed by atoms with Gasteiger partial charge in [0, 0.05) is 46.0 Å². The zero-order chi connectivity index (χ0) is 17.6. The fourth-order valence-corrected chi connectivity index (χ4v) is 2.14. The lowest BCUT2D eigenvalue weighted by Crippen LogP contribution is -2.37. The van der Waals surface area contributed by atoms with Crippen LogP contribution in [0.15, 0.2) is 23.2 Å². The van der Waals surface area contributed by atoms with Gasteiger partial charge in [-0.05, 0) is 30.5 Å². The summed E-state index contributed by atoms with van der Waals surface area (Å²) in [5, 5.41) is 6.46. The molecule has 0 saturated heterocycles. The zero-order valence-corrected chi connectivity index (χ0v) is 15.0. The molecule has 5 nitrogen and oxygen atoms in total. The number of guanidine groups is 1. The number of benzene rings is 1. The van der Waals surface area contributed by atoms with E-state index in [0.717, 1.165) is 50.5 Å². The van der Waals surface area contributed by atoms with Gasteiger partial charge in [0.15, 0.2) is 5.96 Å². The van der Waals surface area contributed by atoms with Crippen LogP contribution >= 0.6 is 0 Å². The third-order valence-corrected chi connectivity index (χ3v) is 3.49. The van der Waals surface area contributed by atoms with E-state index in [1.807, 2.05) is 0 Å². The van der Waals surface area contributed by atoms with Crippen LogP contribution in [0.25, 0.3) is 0 Å². The molecule has 2 N–H and O–H groups in total. The summed E-state index contributed by atoms with van der Waals surface area (Å²) in [4.78, 5) is 4.18. The standard InChI is InChI=1S/C18H30FN3O2/c1-4-5-10-24-11-6-9-21-18(20-2)22-13-15-7-8-17(19)16(12-15)14-23-3/h7-8,12H,4-6,9-11,13-14H2,1-3H3,(H2,20,21,22). The SMILES string of the molecule is CCCCOCCCNC(=NC)NCc1ccc(F)c(COC)c1. The van der Waals surface area contributed by atoms with E-state index in [9.17, 15) is 4.39 Å². The van der Waals surface area contributed by atoms with E-state index in [1.165, 1.54) is 6.07 Å². The second-order valence-electron chi connectivity index (χ2n) is 5.53. The summed E-state index contributed by atoms with van der Waals surface area (Å²) in [6, 6.07) is 5.03. The Kier molecular flexibility index (Phi) is 10.8. The minimum absolute atomic E-state index is 0.244. The van der Waals surface area contributed by atoms with E-state index >= 15 is 0 Å². The summed E-state index contributed by atoms with van der Waals surface area (Å²) in [5.41, 5.74) is 1.54. The number of hydrogen-bond donors (Lipinski definition) is 2. The molecule has 0 heterocycles. The Hall–Kier alpha value is -1.66. The predicted molar refractivity (Wildman–Crippen MR) is 95.7 cm³/mol. The lowest BCUT2D eigenvalue weighted by atomic mass is 10.1. The van der Waals surface area contributed by atoms with Crippen LogP contribution in [0.2, 0.25) is 0 Å². The van der Waals surface area contributed by atoms with Gasteiger partial charge < -0.3 is 20.1 Å². The minimum Gasteiger partial charge on any atom is -0.381 e. The average Bonchev–Trinajstić information content (AvgIpc) is 2.59. The third-order valence-electron chi connectivity index (χ3n) is 3.49. The molecule has 0 bridgehead atoms. The molecule has 0 aliphatic heterocycles. The lowest BCUT2D eigenvalue weighted by molar-refractivity contribution is 0.129. The van der Waals surface area contributed by atoms with Crippen LogP contribution in [0.1, 0.15) is 37.3 Å². The number of unbranched alkanes of at least 4 members (excludes halogenated alkanes) is 1. The molecule has 1 aromatic carbocycles. The molecule has 0 unspecified atom stereocenters. The van der Waals surface area contributed by atoms with Gasteiger partial charge in [0.25, 0.3) is 0 Å². The molecule has 0 aliphatic rings. The van der Waals surface area contributed by atoms with E-state index in [4.69, 9.17) is 9.47 Å². The van der Waals surface area contributed by atoms with Gasteiger partial charge in [0.05, 0.1) is 6.61 Å². The second kappa shape index (κ2) is 12.7. The molecule has 0 saturated carbocycles. The van der Waals surface area contributed by atoms with Gasteiger partial charge in [0.1, 0.15) is 5.82 Å². The van der Waals surface area contributed by atoms with E-state index in [1.54, 1.807) is 26.3 Å². The van der Waals surface area contributed by atoms with Crippen molar-refractivity contribution < 1.29 is 13.9 Å². The van der Waals surface area contributed by atoms with Crippen molar-refractivity contribution in [3.63, 3.8) is 0 Å². The number of halogens is 1. The molecule has 1 aromatic rings. The van der Waals surface area contributed by atoms with E-state index in [-0.39, 0.29) is 12.4 Å². The highest BCUT2D eigenvalue weighted by Crippen LogP contribution is 2.11. The summed E-state index contributed by atoms with van der Waals surface area (Å²) in [6.45, 7) is 5.37. The van der Waals surface area contributed by atoms with Crippen molar-refractivity contribution in [1.29, 1.82) is 0 Å². The molecule has 24 heavy (non-hydrogen) atoms.